The van der Waals surface area contributed by atoms with E-state index >= 15 is 0 Å². The van der Waals surface area contributed by atoms with Crippen LogP contribution in [0.1, 0.15) is 20.3 Å². The summed E-state index contributed by atoms with van der Waals surface area (Å²) < 4.78 is 0. The zero-order chi connectivity index (χ0) is 13.2. The Morgan fingerprint density at radius 3 is 2.59 bits per heavy atom. The third-order valence-electron chi connectivity index (χ3n) is 3.18. The summed E-state index contributed by atoms with van der Waals surface area (Å²) in [6.45, 7) is 4.17. The van der Waals surface area contributed by atoms with Crippen LogP contribution in [0.3, 0.4) is 0 Å². The predicted molar refractivity (Wildman–Crippen MR) is 60.2 cm³/mol. The van der Waals surface area contributed by atoms with Gasteiger partial charge in [0.05, 0.1) is 5.92 Å². The third kappa shape index (κ3) is 2.75. The number of likely N-dealkylation sites (N-methyl/N-ethyl adjacent to an activating group) is 1. The van der Waals surface area contributed by atoms with Gasteiger partial charge in [0.2, 0.25) is 11.8 Å². The van der Waals surface area contributed by atoms with Gasteiger partial charge in [0.25, 0.3) is 0 Å². The standard InChI is InChI=1S/C11H18N2O4/c1-4-12(3)10(15)7(2)13-6-8(11(16)17)5-9(13)14/h7-8H,4-6H2,1-3H3,(H,16,17). The van der Waals surface area contributed by atoms with E-state index in [9.17, 15) is 14.4 Å². The Labute approximate surface area is 100 Å². The van der Waals surface area contributed by atoms with E-state index in [1.54, 1.807) is 14.0 Å². The number of hydrogen-bond acceptors (Lipinski definition) is 3. The lowest BCUT2D eigenvalue weighted by atomic mass is 10.1. The molecule has 1 rings (SSSR count). The molecule has 0 spiro atoms. The van der Waals surface area contributed by atoms with Gasteiger partial charge in [-0.15, -0.1) is 0 Å². The first-order valence-corrected chi connectivity index (χ1v) is 5.65. The number of nitrogens with zero attached hydrogens (tertiary/aromatic N) is 2. The second-order valence-electron chi connectivity index (χ2n) is 4.31. The maximum absolute atomic E-state index is 11.9. The Hall–Kier alpha value is -1.59. The summed E-state index contributed by atoms with van der Waals surface area (Å²) in [6, 6.07) is -0.586. The van der Waals surface area contributed by atoms with Crippen LogP contribution in [0.2, 0.25) is 0 Å². The first-order valence-electron chi connectivity index (χ1n) is 5.65. The highest BCUT2D eigenvalue weighted by Crippen LogP contribution is 2.21. The normalized spacial score (nSPS) is 21.5. The summed E-state index contributed by atoms with van der Waals surface area (Å²) in [7, 11) is 1.66. The fraction of sp³-hybridized carbons (Fsp3) is 0.727. The molecule has 2 unspecified atom stereocenters. The van der Waals surface area contributed by atoms with Gasteiger partial charge in [0.1, 0.15) is 6.04 Å². The summed E-state index contributed by atoms with van der Waals surface area (Å²) in [6.07, 6.45) is -0.0111. The molecule has 0 aromatic carbocycles. The first kappa shape index (κ1) is 13.5. The van der Waals surface area contributed by atoms with Gasteiger partial charge >= 0.3 is 5.97 Å². The number of likely N-dealkylation sites (tertiary alicyclic amines) is 1. The molecule has 2 amide bonds. The molecule has 1 saturated heterocycles. The summed E-state index contributed by atoms with van der Waals surface area (Å²) in [5, 5.41) is 8.85. The van der Waals surface area contributed by atoms with E-state index in [-0.39, 0.29) is 24.8 Å². The van der Waals surface area contributed by atoms with Gasteiger partial charge in [0, 0.05) is 26.6 Å². The van der Waals surface area contributed by atoms with Crippen molar-refractivity contribution in [3.05, 3.63) is 0 Å². The highest BCUT2D eigenvalue weighted by Gasteiger charge is 2.39. The molecule has 1 fully saturated rings. The number of amides is 2. The van der Waals surface area contributed by atoms with Crippen LogP contribution in [0, 0.1) is 5.92 Å². The van der Waals surface area contributed by atoms with Crippen molar-refractivity contribution in [2.24, 2.45) is 5.92 Å². The quantitative estimate of drug-likeness (QED) is 0.739. The fourth-order valence-electron chi connectivity index (χ4n) is 1.88. The minimum absolute atomic E-state index is 0.0111. The average molecular weight is 242 g/mol. The largest absolute Gasteiger partial charge is 0.481 e. The van der Waals surface area contributed by atoms with Crippen molar-refractivity contribution < 1.29 is 19.5 Å². The molecule has 0 aliphatic carbocycles. The van der Waals surface area contributed by atoms with Crippen molar-refractivity contribution in [3.63, 3.8) is 0 Å². The minimum Gasteiger partial charge on any atom is -0.481 e. The van der Waals surface area contributed by atoms with E-state index in [0.717, 1.165) is 0 Å². The van der Waals surface area contributed by atoms with Crippen molar-refractivity contribution in [3.8, 4) is 0 Å². The van der Waals surface area contributed by atoms with Crippen molar-refractivity contribution in [2.75, 3.05) is 20.1 Å². The van der Waals surface area contributed by atoms with E-state index in [1.165, 1.54) is 9.80 Å². The summed E-state index contributed by atoms with van der Waals surface area (Å²) >= 11 is 0. The summed E-state index contributed by atoms with van der Waals surface area (Å²) in [5.41, 5.74) is 0. The van der Waals surface area contributed by atoms with Crippen LogP contribution in [-0.4, -0.2) is 58.9 Å². The van der Waals surface area contributed by atoms with Crippen LogP contribution < -0.4 is 0 Å². The number of carbonyl (C=O) groups is 3. The Balaban J connectivity index is 2.71. The molecule has 0 aromatic rings. The Bertz CT molecular complexity index is 342. The van der Waals surface area contributed by atoms with Crippen LogP contribution in [-0.2, 0) is 14.4 Å². The maximum atomic E-state index is 11.9. The van der Waals surface area contributed by atoms with Crippen molar-refractivity contribution in [2.45, 2.75) is 26.3 Å². The second-order valence-corrected chi connectivity index (χ2v) is 4.31. The molecule has 2 atom stereocenters. The Kier molecular flexibility index (Phi) is 4.09. The molecular formula is C11H18N2O4. The highest BCUT2D eigenvalue weighted by atomic mass is 16.4. The fourth-order valence-corrected chi connectivity index (χ4v) is 1.88. The average Bonchev–Trinajstić information content (AvgIpc) is 2.68. The lowest BCUT2D eigenvalue weighted by molar-refractivity contribution is -0.142. The van der Waals surface area contributed by atoms with E-state index < -0.39 is 17.9 Å². The van der Waals surface area contributed by atoms with E-state index in [0.29, 0.717) is 6.54 Å². The first-order chi connectivity index (χ1) is 7.88. The Morgan fingerprint density at radius 2 is 2.18 bits per heavy atom. The highest BCUT2D eigenvalue weighted by molar-refractivity contribution is 5.91. The topological polar surface area (TPSA) is 77.9 Å². The second kappa shape index (κ2) is 5.16. The molecule has 1 heterocycles. The van der Waals surface area contributed by atoms with Crippen LogP contribution in [0.5, 0.6) is 0 Å². The Morgan fingerprint density at radius 1 is 1.59 bits per heavy atom. The third-order valence-corrected chi connectivity index (χ3v) is 3.18. The molecule has 0 radical (unpaired) electrons. The van der Waals surface area contributed by atoms with Crippen LogP contribution in [0.25, 0.3) is 0 Å². The van der Waals surface area contributed by atoms with E-state index in [4.69, 9.17) is 5.11 Å². The number of carboxylic acids is 1. The monoisotopic (exact) mass is 242 g/mol. The predicted octanol–water partition coefficient (Wildman–Crippen LogP) is -0.214. The molecule has 6 heteroatoms. The number of carboxylic acid groups (broad SMARTS) is 1. The van der Waals surface area contributed by atoms with Crippen molar-refractivity contribution in [1.29, 1.82) is 0 Å². The minimum atomic E-state index is -0.982. The smallest absolute Gasteiger partial charge is 0.308 e. The molecule has 1 aliphatic rings. The molecular weight excluding hydrogens is 224 g/mol. The van der Waals surface area contributed by atoms with Crippen LogP contribution in [0.4, 0.5) is 0 Å². The molecule has 0 bridgehead atoms. The van der Waals surface area contributed by atoms with Gasteiger partial charge in [0.15, 0.2) is 0 Å². The SMILES string of the molecule is CCN(C)C(=O)C(C)N1CC(C(=O)O)CC1=O. The van der Waals surface area contributed by atoms with Gasteiger partial charge in [-0.3, -0.25) is 14.4 Å². The maximum Gasteiger partial charge on any atom is 0.308 e. The number of carbonyl (C=O) groups excluding carboxylic acids is 2. The number of aliphatic carboxylic acids is 1. The molecule has 96 valence electrons. The van der Waals surface area contributed by atoms with Gasteiger partial charge in [-0.05, 0) is 13.8 Å². The number of hydrogen-bond donors (Lipinski definition) is 1. The zero-order valence-electron chi connectivity index (χ0n) is 10.3. The van der Waals surface area contributed by atoms with Crippen molar-refractivity contribution >= 4 is 17.8 Å². The molecule has 1 aliphatic heterocycles. The molecule has 0 aromatic heterocycles. The molecule has 0 saturated carbocycles. The van der Waals surface area contributed by atoms with Gasteiger partial charge in [-0.25, -0.2) is 0 Å². The van der Waals surface area contributed by atoms with Gasteiger partial charge in [-0.1, -0.05) is 0 Å². The summed E-state index contributed by atoms with van der Waals surface area (Å²) in [4.78, 5) is 37.2. The molecule has 6 nitrogen and oxygen atoms in total. The van der Waals surface area contributed by atoms with Gasteiger partial charge in [-0.2, -0.15) is 0 Å². The number of rotatable bonds is 4. The van der Waals surface area contributed by atoms with Crippen molar-refractivity contribution in [1.82, 2.24) is 9.80 Å². The molecule has 17 heavy (non-hydrogen) atoms. The lowest BCUT2D eigenvalue weighted by Crippen LogP contribution is -2.46. The zero-order valence-corrected chi connectivity index (χ0v) is 10.3. The summed E-state index contributed by atoms with van der Waals surface area (Å²) in [5.74, 6) is -2.09. The van der Waals surface area contributed by atoms with E-state index in [1.807, 2.05) is 6.92 Å². The van der Waals surface area contributed by atoms with E-state index in [2.05, 4.69) is 0 Å². The molecule has 1 N–H and O–H groups in total. The lowest BCUT2D eigenvalue weighted by Gasteiger charge is -2.27. The van der Waals surface area contributed by atoms with Crippen LogP contribution in [0.15, 0.2) is 0 Å². The van der Waals surface area contributed by atoms with Crippen LogP contribution >= 0.6 is 0 Å². The van der Waals surface area contributed by atoms with Gasteiger partial charge < -0.3 is 14.9 Å².